The van der Waals surface area contributed by atoms with Gasteiger partial charge in [-0.1, -0.05) is 18.2 Å². The Balaban J connectivity index is 1.26. The van der Waals surface area contributed by atoms with Crippen LogP contribution in [0.5, 0.6) is 11.5 Å². The molecule has 222 valence electrons. The molecule has 1 aliphatic heterocycles. The number of nitrogens with zero attached hydrogens (tertiary/aromatic N) is 1. The summed E-state index contributed by atoms with van der Waals surface area (Å²) in [5, 5.41) is 5.96. The topological polar surface area (TPSA) is 92.9 Å². The number of piperidine rings is 1. The third kappa shape index (κ3) is 6.90. The fourth-order valence-corrected chi connectivity index (χ4v) is 6.23. The second-order valence-corrected chi connectivity index (χ2v) is 12.7. The van der Waals surface area contributed by atoms with Crippen molar-refractivity contribution in [2.45, 2.75) is 57.6 Å². The van der Waals surface area contributed by atoms with Gasteiger partial charge in [-0.25, -0.2) is 4.79 Å². The molecule has 0 aliphatic carbocycles. The van der Waals surface area contributed by atoms with Crippen molar-refractivity contribution in [1.82, 2.24) is 15.2 Å². The van der Waals surface area contributed by atoms with Gasteiger partial charge in [0.1, 0.15) is 11.6 Å². The lowest BCUT2D eigenvalue weighted by atomic mass is 9.93. The number of carbonyl (C=O) groups excluding carboxylic acids is 2. The lowest BCUT2D eigenvalue weighted by Gasteiger charge is -2.34. The maximum atomic E-state index is 13.6. The van der Waals surface area contributed by atoms with Crippen LogP contribution < -0.4 is 14.8 Å². The SMILES string of the molecule is COc1ccc(-c2ccc3[nH]c(C4CCN(C(=O)[C@H](Cc5cccs5)NC(=O)OC(C)(C)C)CC4)cc3c2)cc1OC. The minimum Gasteiger partial charge on any atom is -0.493 e. The molecule has 8 nitrogen and oxygen atoms in total. The summed E-state index contributed by atoms with van der Waals surface area (Å²) in [5.74, 6) is 1.66. The smallest absolute Gasteiger partial charge is 0.408 e. The molecule has 5 rings (SSSR count). The molecular formula is C33H39N3O5S. The first-order valence-corrected chi connectivity index (χ1v) is 15.2. The van der Waals surface area contributed by atoms with Crippen LogP contribution in [0.3, 0.4) is 0 Å². The minimum atomic E-state index is -0.668. The van der Waals surface area contributed by atoms with Gasteiger partial charge in [0, 0.05) is 46.9 Å². The number of alkyl carbamates (subject to hydrolysis) is 1. The fourth-order valence-electron chi connectivity index (χ4n) is 5.48. The van der Waals surface area contributed by atoms with Gasteiger partial charge in [-0.2, -0.15) is 0 Å². The molecule has 4 aromatic rings. The molecule has 1 aliphatic rings. The van der Waals surface area contributed by atoms with Crippen LogP contribution in [-0.4, -0.2) is 60.8 Å². The summed E-state index contributed by atoms with van der Waals surface area (Å²) in [6.45, 7) is 6.71. The van der Waals surface area contributed by atoms with Gasteiger partial charge in [0.15, 0.2) is 11.5 Å². The number of likely N-dealkylation sites (tertiary alicyclic amines) is 1. The normalized spacial score (nSPS) is 14.9. The summed E-state index contributed by atoms with van der Waals surface area (Å²) in [4.78, 5) is 32.7. The number of amides is 2. The van der Waals surface area contributed by atoms with E-state index in [-0.39, 0.29) is 5.91 Å². The number of fused-ring (bicyclic) bond motifs is 1. The van der Waals surface area contributed by atoms with Crippen LogP contribution in [-0.2, 0) is 16.0 Å². The third-order valence-corrected chi connectivity index (χ3v) is 8.48. The van der Waals surface area contributed by atoms with Crippen LogP contribution in [0.15, 0.2) is 60.0 Å². The zero-order valence-electron chi connectivity index (χ0n) is 24.9. The van der Waals surface area contributed by atoms with Crippen molar-refractivity contribution >= 4 is 34.2 Å². The predicted octanol–water partition coefficient (Wildman–Crippen LogP) is 6.76. The highest BCUT2D eigenvalue weighted by Crippen LogP contribution is 2.35. The summed E-state index contributed by atoms with van der Waals surface area (Å²) in [7, 11) is 3.28. The van der Waals surface area contributed by atoms with E-state index in [9.17, 15) is 9.59 Å². The van der Waals surface area contributed by atoms with E-state index >= 15 is 0 Å². The van der Waals surface area contributed by atoms with Crippen LogP contribution in [0.1, 0.15) is 50.1 Å². The highest BCUT2D eigenvalue weighted by molar-refractivity contribution is 7.09. The molecule has 9 heteroatoms. The van der Waals surface area contributed by atoms with Crippen molar-refractivity contribution in [2.75, 3.05) is 27.3 Å². The zero-order chi connectivity index (χ0) is 29.9. The van der Waals surface area contributed by atoms with E-state index in [1.807, 2.05) is 61.4 Å². The van der Waals surface area contributed by atoms with Gasteiger partial charge >= 0.3 is 6.09 Å². The first kappa shape index (κ1) is 29.5. The highest BCUT2D eigenvalue weighted by Gasteiger charge is 2.32. The molecule has 42 heavy (non-hydrogen) atoms. The van der Waals surface area contributed by atoms with E-state index in [2.05, 4.69) is 34.6 Å². The number of carbonyl (C=O) groups is 2. The summed E-state index contributed by atoms with van der Waals surface area (Å²) >= 11 is 1.58. The maximum Gasteiger partial charge on any atom is 0.408 e. The molecule has 1 saturated heterocycles. The molecule has 0 spiro atoms. The third-order valence-electron chi connectivity index (χ3n) is 7.58. The number of ether oxygens (including phenoxy) is 3. The standard InChI is InChI=1S/C33H39N3O5S/c1-33(2,3)41-32(38)35-28(20-25-7-6-16-42-25)31(37)36-14-12-21(13-15-36)27-18-24-17-22(8-10-26(24)34-27)23-9-11-29(39-4)30(19-23)40-5/h6-11,16-19,21,28,34H,12-15,20H2,1-5H3,(H,35,38)/t28-/m0/s1. The Morgan fingerprint density at radius 2 is 1.71 bits per heavy atom. The number of methoxy groups -OCH3 is 2. The number of H-pyrrole nitrogens is 1. The minimum absolute atomic E-state index is 0.0658. The average Bonchev–Trinajstić information content (AvgIpc) is 3.65. The summed E-state index contributed by atoms with van der Waals surface area (Å²) in [6, 6.07) is 17.9. The number of hydrogen-bond acceptors (Lipinski definition) is 6. The molecule has 2 aromatic carbocycles. The Kier molecular flexibility index (Phi) is 8.77. The van der Waals surface area contributed by atoms with Crippen LogP contribution in [0, 0.1) is 0 Å². The molecule has 1 fully saturated rings. The summed E-state index contributed by atoms with van der Waals surface area (Å²) in [5.41, 5.74) is 3.79. The van der Waals surface area contributed by atoms with Crippen molar-refractivity contribution in [3.8, 4) is 22.6 Å². The predicted molar refractivity (Wildman–Crippen MR) is 167 cm³/mol. The van der Waals surface area contributed by atoms with Gasteiger partial charge in [0.25, 0.3) is 0 Å². The van der Waals surface area contributed by atoms with Crippen LogP contribution in [0.25, 0.3) is 22.0 Å². The van der Waals surface area contributed by atoms with Crippen LogP contribution >= 0.6 is 11.3 Å². The second-order valence-electron chi connectivity index (χ2n) is 11.7. The van der Waals surface area contributed by atoms with Gasteiger partial charge < -0.3 is 29.4 Å². The Morgan fingerprint density at radius 1 is 1.00 bits per heavy atom. The molecule has 0 radical (unpaired) electrons. The van der Waals surface area contributed by atoms with Crippen LogP contribution in [0.4, 0.5) is 4.79 Å². The molecule has 2 amide bonds. The van der Waals surface area contributed by atoms with Crippen molar-refractivity contribution < 1.29 is 23.8 Å². The number of benzene rings is 2. The number of aromatic nitrogens is 1. The Labute approximate surface area is 251 Å². The largest absolute Gasteiger partial charge is 0.493 e. The zero-order valence-corrected chi connectivity index (χ0v) is 25.7. The lowest BCUT2D eigenvalue weighted by Crippen LogP contribution is -2.52. The number of rotatable bonds is 8. The quantitative estimate of drug-likeness (QED) is 0.237. The van der Waals surface area contributed by atoms with Crippen LogP contribution in [0.2, 0.25) is 0 Å². The molecule has 2 N–H and O–H groups in total. The van der Waals surface area contributed by atoms with Crippen molar-refractivity contribution in [3.63, 3.8) is 0 Å². The molecule has 0 bridgehead atoms. The van der Waals surface area contributed by atoms with E-state index in [0.717, 1.165) is 39.7 Å². The molecule has 0 saturated carbocycles. The van der Waals surface area contributed by atoms with Gasteiger partial charge in [0.05, 0.1) is 14.2 Å². The first-order chi connectivity index (χ1) is 20.1. The first-order valence-electron chi connectivity index (χ1n) is 14.3. The molecule has 2 aromatic heterocycles. The number of thiophene rings is 1. The van der Waals surface area contributed by atoms with E-state index in [0.29, 0.717) is 36.9 Å². The van der Waals surface area contributed by atoms with E-state index in [1.54, 1.807) is 25.6 Å². The van der Waals surface area contributed by atoms with Crippen molar-refractivity contribution in [1.29, 1.82) is 0 Å². The average molecular weight is 590 g/mol. The van der Waals surface area contributed by atoms with Gasteiger partial charge in [-0.05, 0) is 86.5 Å². The van der Waals surface area contributed by atoms with Gasteiger partial charge in [-0.3, -0.25) is 4.79 Å². The lowest BCUT2D eigenvalue weighted by molar-refractivity contribution is -0.134. The second kappa shape index (κ2) is 12.5. The number of hydrogen-bond donors (Lipinski definition) is 2. The van der Waals surface area contributed by atoms with Crippen molar-refractivity contribution in [3.05, 3.63) is 70.5 Å². The van der Waals surface area contributed by atoms with Gasteiger partial charge in [0.2, 0.25) is 5.91 Å². The Morgan fingerprint density at radius 3 is 2.38 bits per heavy atom. The molecular weight excluding hydrogens is 550 g/mol. The Bertz CT molecular complexity index is 1530. The Hall–Kier alpha value is -3.98. The van der Waals surface area contributed by atoms with Crippen molar-refractivity contribution in [2.24, 2.45) is 0 Å². The summed E-state index contributed by atoms with van der Waals surface area (Å²) < 4.78 is 16.3. The van der Waals surface area contributed by atoms with E-state index in [4.69, 9.17) is 14.2 Å². The number of aromatic amines is 1. The molecule has 3 heterocycles. The molecule has 1 atom stereocenters. The van der Waals surface area contributed by atoms with Gasteiger partial charge in [-0.15, -0.1) is 11.3 Å². The highest BCUT2D eigenvalue weighted by atomic mass is 32.1. The summed E-state index contributed by atoms with van der Waals surface area (Å²) in [6.07, 6.45) is 1.57. The van der Waals surface area contributed by atoms with E-state index < -0.39 is 17.7 Å². The molecule has 0 unspecified atom stereocenters. The van der Waals surface area contributed by atoms with E-state index in [1.165, 1.54) is 5.69 Å². The maximum absolute atomic E-state index is 13.6. The monoisotopic (exact) mass is 589 g/mol. The fraction of sp³-hybridized carbons (Fsp3) is 0.394. The number of nitrogens with one attached hydrogen (secondary N) is 2.